The lowest BCUT2D eigenvalue weighted by molar-refractivity contribution is 0.0950. The minimum Gasteiger partial charge on any atom is -0.496 e. The van der Waals surface area contributed by atoms with Crippen LogP contribution in [0.15, 0.2) is 22.7 Å². The van der Waals surface area contributed by atoms with Crippen molar-refractivity contribution in [2.75, 3.05) is 13.7 Å². The van der Waals surface area contributed by atoms with Crippen molar-refractivity contribution < 1.29 is 9.53 Å². The molecular weight excluding hydrogens is 362 g/mol. The second kappa shape index (κ2) is 7.14. The predicted octanol–water partition coefficient (Wildman–Crippen LogP) is 3.61. The molecule has 0 saturated heterocycles. The summed E-state index contributed by atoms with van der Waals surface area (Å²) in [5.74, 6) is 0.916. The molecule has 5 heteroatoms. The number of alkyl halides is 1. The first-order valence-electron chi connectivity index (χ1n) is 5.71. The Balaban J connectivity index is 2.72. The third-order valence-electron chi connectivity index (χ3n) is 2.59. The van der Waals surface area contributed by atoms with Crippen LogP contribution in [0.1, 0.15) is 24.2 Å². The Morgan fingerprint density at radius 2 is 2.11 bits per heavy atom. The molecule has 0 heterocycles. The fourth-order valence-electron chi connectivity index (χ4n) is 1.37. The van der Waals surface area contributed by atoms with Crippen LogP contribution in [0.25, 0.3) is 0 Å². The SMILES string of the molecule is COc1cc(Br)ccc1C(=O)NCC(Br)C(C)C. The summed E-state index contributed by atoms with van der Waals surface area (Å²) in [5.41, 5.74) is 0.546. The first-order valence-corrected chi connectivity index (χ1v) is 7.42. The van der Waals surface area contributed by atoms with Crippen molar-refractivity contribution in [1.29, 1.82) is 0 Å². The van der Waals surface area contributed by atoms with Crippen LogP contribution in [0.5, 0.6) is 5.75 Å². The molecule has 0 aliphatic carbocycles. The highest BCUT2D eigenvalue weighted by Crippen LogP contribution is 2.23. The molecule has 1 aromatic carbocycles. The summed E-state index contributed by atoms with van der Waals surface area (Å²) in [6.45, 7) is 4.80. The zero-order valence-corrected chi connectivity index (χ0v) is 13.8. The number of hydrogen-bond donors (Lipinski definition) is 1. The predicted molar refractivity (Wildman–Crippen MR) is 80.6 cm³/mol. The van der Waals surface area contributed by atoms with Crippen molar-refractivity contribution in [2.45, 2.75) is 18.7 Å². The molecule has 1 aromatic rings. The quantitative estimate of drug-likeness (QED) is 0.795. The number of ether oxygens (including phenoxy) is 1. The Hall–Kier alpha value is -0.550. The van der Waals surface area contributed by atoms with Gasteiger partial charge in [-0.05, 0) is 24.1 Å². The molecule has 1 atom stereocenters. The van der Waals surface area contributed by atoms with E-state index in [0.29, 0.717) is 23.8 Å². The minimum absolute atomic E-state index is 0.121. The molecule has 1 rings (SSSR count). The van der Waals surface area contributed by atoms with E-state index in [9.17, 15) is 4.79 Å². The topological polar surface area (TPSA) is 38.3 Å². The van der Waals surface area contributed by atoms with E-state index in [1.807, 2.05) is 6.07 Å². The van der Waals surface area contributed by atoms with Crippen molar-refractivity contribution in [3.05, 3.63) is 28.2 Å². The van der Waals surface area contributed by atoms with E-state index in [1.54, 1.807) is 19.2 Å². The number of nitrogens with one attached hydrogen (secondary N) is 1. The minimum atomic E-state index is -0.121. The van der Waals surface area contributed by atoms with Crippen LogP contribution in [0.2, 0.25) is 0 Å². The molecule has 0 radical (unpaired) electrons. The van der Waals surface area contributed by atoms with E-state index in [4.69, 9.17) is 4.74 Å². The Morgan fingerprint density at radius 1 is 1.44 bits per heavy atom. The Bertz CT molecular complexity index is 421. The van der Waals surface area contributed by atoms with Crippen LogP contribution >= 0.6 is 31.9 Å². The van der Waals surface area contributed by atoms with Crippen molar-refractivity contribution in [1.82, 2.24) is 5.32 Å². The van der Waals surface area contributed by atoms with Gasteiger partial charge in [0, 0.05) is 15.8 Å². The molecule has 3 nitrogen and oxygen atoms in total. The average molecular weight is 379 g/mol. The number of carbonyl (C=O) groups is 1. The number of rotatable bonds is 5. The molecule has 1 unspecified atom stereocenters. The van der Waals surface area contributed by atoms with Gasteiger partial charge in [-0.2, -0.15) is 0 Å². The Morgan fingerprint density at radius 3 is 2.67 bits per heavy atom. The lowest BCUT2D eigenvalue weighted by Gasteiger charge is -2.15. The van der Waals surface area contributed by atoms with Gasteiger partial charge >= 0.3 is 0 Å². The number of methoxy groups -OCH3 is 1. The molecular formula is C13H17Br2NO2. The molecule has 0 bridgehead atoms. The molecule has 1 amide bonds. The molecule has 0 saturated carbocycles. The highest BCUT2D eigenvalue weighted by molar-refractivity contribution is 9.10. The summed E-state index contributed by atoms with van der Waals surface area (Å²) < 4.78 is 6.08. The summed E-state index contributed by atoms with van der Waals surface area (Å²) in [7, 11) is 1.56. The maximum Gasteiger partial charge on any atom is 0.255 e. The molecule has 0 aliphatic heterocycles. The van der Waals surface area contributed by atoms with Crippen molar-refractivity contribution in [3.63, 3.8) is 0 Å². The zero-order valence-electron chi connectivity index (χ0n) is 10.7. The van der Waals surface area contributed by atoms with Gasteiger partial charge in [0.25, 0.3) is 5.91 Å². The van der Waals surface area contributed by atoms with Crippen LogP contribution in [0, 0.1) is 5.92 Å². The fraction of sp³-hybridized carbons (Fsp3) is 0.462. The van der Waals surface area contributed by atoms with E-state index in [0.717, 1.165) is 4.47 Å². The maximum atomic E-state index is 12.0. The van der Waals surface area contributed by atoms with Gasteiger partial charge in [-0.25, -0.2) is 0 Å². The summed E-state index contributed by atoms with van der Waals surface area (Å²) in [4.78, 5) is 12.3. The van der Waals surface area contributed by atoms with Crippen molar-refractivity contribution in [3.8, 4) is 5.75 Å². The van der Waals surface area contributed by atoms with E-state index in [2.05, 4.69) is 51.0 Å². The van der Waals surface area contributed by atoms with Crippen LogP contribution in [-0.2, 0) is 0 Å². The van der Waals surface area contributed by atoms with E-state index in [-0.39, 0.29) is 10.7 Å². The average Bonchev–Trinajstić information content (AvgIpc) is 2.34. The first kappa shape index (κ1) is 15.5. The van der Waals surface area contributed by atoms with Gasteiger partial charge in [0.1, 0.15) is 5.75 Å². The summed E-state index contributed by atoms with van der Waals surface area (Å²) in [6.07, 6.45) is 0. The third kappa shape index (κ3) is 4.28. The van der Waals surface area contributed by atoms with E-state index >= 15 is 0 Å². The Kier molecular flexibility index (Phi) is 6.15. The van der Waals surface area contributed by atoms with Crippen LogP contribution in [0.4, 0.5) is 0 Å². The molecule has 18 heavy (non-hydrogen) atoms. The standard InChI is InChI=1S/C13H17Br2NO2/c1-8(2)11(15)7-16-13(17)10-5-4-9(14)6-12(10)18-3/h4-6,8,11H,7H2,1-3H3,(H,16,17). The maximum absolute atomic E-state index is 12.0. The third-order valence-corrected chi connectivity index (χ3v) is 4.46. The van der Waals surface area contributed by atoms with Crippen LogP contribution in [0.3, 0.4) is 0 Å². The normalized spacial score (nSPS) is 12.3. The molecule has 0 fully saturated rings. The summed E-state index contributed by atoms with van der Waals surface area (Å²) >= 11 is 6.89. The number of carbonyl (C=O) groups excluding carboxylic acids is 1. The second-order valence-corrected chi connectivity index (χ2v) is 6.41. The lowest BCUT2D eigenvalue weighted by Crippen LogP contribution is -2.31. The molecule has 0 spiro atoms. The van der Waals surface area contributed by atoms with Gasteiger partial charge in [-0.3, -0.25) is 4.79 Å². The number of benzene rings is 1. The molecule has 0 aromatic heterocycles. The molecule has 100 valence electrons. The summed E-state index contributed by atoms with van der Waals surface area (Å²) in [6, 6.07) is 5.35. The number of halogens is 2. The van der Waals surface area contributed by atoms with Gasteiger partial charge in [-0.1, -0.05) is 45.7 Å². The van der Waals surface area contributed by atoms with Crippen LogP contribution in [-0.4, -0.2) is 24.4 Å². The van der Waals surface area contributed by atoms with Crippen molar-refractivity contribution >= 4 is 37.8 Å². The van der Waals surface area contributed by atoms with Gasteiger partial charge in [0.15, 0.2) is 0 Å². The van der Waals surface area contributed by atoms with Gasteiger partial charge in [0.2, 0.25) is 0 Å². The van der Waals surface area contributed by atoms with Gasteiger partial charge < -0.3 is 10.1 Å². The van der Waals surface area contributed by atoms with Crippen molar-refractivity contribution in [2.24, 2.45) is 5.92 Å². The van der Waals surface area contributed by atoms with E-state index < -0.39 is 0 Å². The first-order chi connectivity index (χ1) is 8.45. The molecule has 1 N–H and O–H groups in total. The van der Waals surface area contributed by atoms with Crippen LogP contribution < -0.4 is 10.1 Å². The highest BCUT2D eigenvalue weighted by Gasteiger charge is 2.15. The monoisotopic (exact) mass is 377 g/mol. The lowest BCUT2D eigenvalue weighted by atomic mass is 10.1. The van der Waals surface area contributed by atoms with Gasteiger partial charge in [0.05, 0.1) is 12.7 Å². The zero-order chi connectivity index (χ0) is 13.7. The number of amides is 1. The molecule has 0 aliphatic rings. The summed E-state index contributed by atoms with van der Waals surface area (Å²) in [5, 5.41) is 2.89. The number of hydrogen-bond acceptors (Lipinski definition) is 2. The fourth-order valence-corrected chi connectivity index (χ4v) is 1.88. The highest BCUT2D eigenvalue weighted by atomic mass is 79.9. The van der Waals surface area contributed by atoms with E-state index in [1.165, 1.54) is 0 Å². The smallest absolute Gasteiger partial charge is 0.255 e. The largest absolute Gasteiger partial charge is 0.496 e. The Labute approximate surface area is 125 Å². The second-order valence-electron chi connectivity index (χ2n) is 4.31. The van der Waals surface area contributed by atoms with Gasteiger partial charge in [-0.15, -0.1) is 0 Å².